The number of nitrogens with zero attached hydrogens (tertiary/aromatic N) is 2. The predicted molar refractivity (Wildman–Crippen MR) is 318 cm³/mol. The molecular formula is C67H62N2O2S2. The number of rotatable bonds is 11. The van der Waals surface area contributed by atoms with Crippen molar-refractivity contribution in [2.45, 2.75) is 79.9 Å². The molecule has 73 heavy (non-hydrogen) atoms. The molecule has 9 aromatic carbocycles. The van der Waals surface area contributed by atoms with Crippen LogP contribution in [0.3, 0.4) is 0 Å². The van der Waals surface area contributed by atoms with Crippen LogP contribution in [0.4, 0.5) is 34.1 Å². The van der Waals surface area contributed by atoms with Crippen molar-refractivity contribution >= 4 is 127 Å². The largest absolute Gasteiger partial charge is 0.454 e. The Morgan fingerprint density at radius 3 is 1.55 bits per heavy atom. The van der Waals surface area contributed by atoms with E-state index >= 15 is 0 Å². The molecule has 2 aliphatic carbocycles. The molecule has 6 heteroatoms. The van der Waals surface area contributed by atoms with Gasteiger partial charge in [0.25, 0.3) is 0 Å². The van der Waals surface area contributed by atoms with Gasteiger partial charge in [-0.05, 0) is 192 Å². The number of fused-ring (bicyclic) bond motifs is 9. The molecule has 2 saturated carbocycles. The van der Waals surface area contributed by atoms with Crippen molar-refractivity contribution in [3.05, 3.63) is 187 Å². The Hall–Kier alpha value is -6.86. The SMILES string of the molecule is C=Cc1c(N(c2ccc(SC)cc2)c2cccc3c2oc2ccccc23)cc(C2CCCC2)c2ccc3c(N(c4ccc(S(C)(C)C)cc4)c4cccc5c4oc4ccccc45)cc(C4CCCC4)c(C)c3c12. The highest BCUT2D eigenvalue weighted by Gasteiger charge is 2.31. The summed E-state index contributed by atoms with van der Waals surface area (Å²) in [5.74, 6) is 0.889. The minimum Gasteiger partial charge on any atom is -0.454 e. The summed E-state index contributed by atoms with van der Waals surface area (Å²) in [6, 6.07) is 58.8. The van der Waals surface area contributed by atoms with E-state index < -0.39 is 10.0 Å². The quantitative estimate of drug-likeness (QED) is 0.0952. The van der Waals surface area contributed by atoms with Crippen LogP contribution in [-0.4, -0.2) is 25.0 Å². The number of anilines is 6. The van der Waals surface area contributed by atoms with Crippen LogP contribution in [0, 0.1) is 6.92 Å². The van der Waals surface area contributed by atoms with Crippen LogP contribution in [0.2, 0.25) is 0 Å². The lowest BCUT2D eigenvalue weighted by Gasteiger charge is -2.32. The van der Waals surface area contributed by atoms with E-state index in [-0.39, 0.29) is 0 Å². The number of furan rings is 2. The molecule has 0 saturated heterocycles. The molecular weight excluding hydrogens is 929 g/mol. The van der Waals surface area contributed by atoms with Gasteiger partial charge in [-0.2, -0.15) is 0 Å². The molecule has 364 valence electrons. The van der Waals surface area contributed by atoms with Gasteiger partial charge in [-0.1, -0.05) is 111 Å². The highest BCUT2D eigenvalue weighted by molar-refractivity contribution is 8.32. The smallest absolute Gasteiger partial charge is 0.159 e. The van der Waals surface area contributed by atoms with E-state index in [1.807, 2.05) is 0 Å². The second-order valence-electron chi connectivity index (χ2n) is 21.3. The number of benzene rings is 9. The third-order valence-electron chi connectivity index (χ3n) is 16.4. The Balaban J connectivity index is 1.17. The van der Waals surface area contributed by atoms with Crippen molar-refractivity contribution in [1.82, 2.24) is 0 Å². The zero-order valence-corrected chi connectivity index (χ0v) is 44.3. The average Bonchev–Trinajstić information content (AvgIpc) is 4.27. The maximum Gasteiger partial charge on any atom is 0.159 e. The van der Waals surface area contributed by atoms with E-state index in [9.17, 15) is 0 Å². The molecule has 0 unspecified atom stereocenters. The lowest BCUT2D eigenvalue weighted by atomic mass is 9.82. The lowest BCUT2D eigenvalue weighted by Crippen LogP contribution is -2.14. The lowest BCUT2D eigenvalue weighted by molar-refractivity contribution is 0.668. The minimum absolute atomic E-state index is 0.434. The summed E-state index contributed by atoms with van der Waals surface area (Å²) in [7, 11) is -0.960. The van der Waals surface area contributed by atoms with Crippen molar-refractivity contribution < 1.29 is 8.83 Å². The third-order valence-corrected chi connectivity index (χ3v) is 18.8. The first-order chi connectivity index (χ1) is 35.7. The second-order valence-corrected chi connectivity index (χ2v) is 26.3. The monoisotopic (exact) mass is 990 g/mol. The van der Waals surface area contributed by atoms with Gasteiger partial charge in [0.2, 0.25) is 0 Å². The summed E-state index contributed by atoms with van der Waals surface area (Å²) >= 11 is 1.77. The van der Waals surface area contributed by atoms with E-state index in [0.29, 0.717) is 11.8 Å². The number of thioether (sulfide) groups is 1. The van der Waals surface area contributed by atoms with Gasteiger partial charge in [-0.3, -0.25) is 0 Å². The Labute approximate surface area is 435 Å². The highest BCUT2D eigenvalue weighted by atomic mass is 32.3. The highest BCUT2D eigenvalue weighted by Crippen LogP contribution is 2.54. The second kappa shape index (κ2) is 18.3. The molecule has 0 N–H and O–H groups in total. The molecule has 2 aromatic heterocycles. The Bertz CT molecular complexity index is 3940. The van der Waals surface area contributed by atoms with E-state index in [2.05, 4.69) is 206 Å². The van der Waals surface area contributed by atoms with Crippen LogP contribution < -0.4 is 9.80 Å². The Morgan fingerprint density at radius 1 is 0.507 bits per heavy atom. The van der Waals surface area contributed by atoms with Crippen LogP contribution >= 0.6 is 21.8 Å². The van der Waals surface area contributed by atoms with Crippen molar-refractivity contribution in [2.75, 3.05) is 34.8 Å². The minimum atomic E-state index is -0.960. The van der Waals surface area contributed by atoms with E-state index in [4.69, 9.17) is 15.4 Å². The van der Waals surface area contributed by atoms with Gasteiger partial charge < -0.3 is 18.6 Å². The fraction of sp³-hybridized carbons (Fsp3) is 0.224. The van der Waals surface area contributed by atoms with Crippen molar-refractivity contribution in [3.63, 3.8) is 0 Å². The summed E-state index contributed by atoms with van der Waals surface area (Å²) < 4.78 is 13.9. The normalized spacial score (nSPS) is 15.0. The Kier molecular flexibility index (Phi) is 11.5. The van der Waals surface area contributed by atoms with Crippen molar-refractivity contribution in [2.24, 2.45) is 0 Å². The zero-order chi connectivity index (χ0) is 49.5. The van der Waals surface area contributed by atoms with Crippen LogP contribution in [0.1, 0.15) is 85.5 Å². The third kappa shape index (κ3) is 7.66. The molecule has 2 heterocycles. The average molecular weight is 991 g/mol. The van der Waals surface area contributed by atoms with E-state index in [1.165, 1.54) is 105 Å². The van der Waals surface area contributed by atoms with Gasteiger partial charge >= 0.3 is 0 Å². The van der Waals surface area contributed by atoms with Crippen LogP contribution in [0.25, 0.3) is 71.5 Å². The number of hydrogen-bond donors (Lipinski definition) is 0. The number of para-hydroxylation sites is 4. The molecule has 0 spiro atoms. The van der Waals surface area contributed by atoms with Crippen LogP contribution in [0.15, 0.2) is 183 Å². The van der Waals surface area contributed by atoms with Crippen molar-refractivity contribution in [3.8, 4) is 0 Å². The summed E-state index contributed by atoms with van der Waals surface area (Å²) in [4.78, 5) is 7.62. The molecule has 0 radical (unpaired) electrons. The van der Waals surface area contributed by atoms with E-state index in [1.54, 1.807) is 11.8 Å². The van der Waals surface area contributed by atoms with Gasteiger partial charge in [0.1, 0.15) is 11.2 Å². The first-order valence-corrected chi connectivity index (χ1v) is 30.3. The molecule has 4 nitrogen and oxygen atoms in total. The molecule has 0 aliphatic heterocycles. The molecule has 13 rings (SSSR count). The molecule has 2 fully saturated rings. The molecule has 0 bridgehead atoms. The van der Waals surface area contributed by atoms with Crippen LogP contribution in [-0.2, 0) is 0 Å². The summed E-state index contributed by atoms with van der Waals surface area (Å²) in [5, 5.41) is 9.63. The van der Waals surface area contributed by atoms with Gasteiger partial charge in [-0.15, -0.1) is 11.8 Å². The van der Waals surface area contributed by atoms with Gasteiger partial charge in [0.15, 0.2) is 11.2 Å². The zero-order valence-electron chi connectivity index (χ0n) is 42.6. The van der Waals surface area contributed by atoms with Gasteiger partial charge in [0.05, 0.1) is 22.7 Å². The number of hydrogen-bond acceptors (Lipinski definition) is 5. The predicted octanol–water partition coefficient (Wildman–Crippen LogP) is 20.8. The standard InChI is InChI=1S/C67H62N2O2S2/c1-7-49-60(68(45-30-34-47(72-3)35-31-45)58-26-16-24-53-50-22-12-14-28-62(50)70-66(53)58)41-57(44-20-10-11-21-44)52-38-39-55-61(40-56(43-18-8-9-19-43)42(2)64(55)65(49)52)69(46-32-36-48(37-33-46)73(4,5)6)59-27-17-25-54-51-23-13-15-29-63(51)71-67(54)59/h7,12-17,22-41,43-44H,1,8-11,18-21H2,2-6H3. The van der Waals surface area contributed by atoms with E-state index in [0.717, 1.165) is 77.9 Å². The first kappa shape index (κ1) is 46.0. The summed E-state index contributed by atoms with van der Waals surface area (Å²) in [6.45, 7) is 7.18. The topological polar surface area (TPSA) is 32.8 Å². The van der Waals surface area contributed by atoms with Crippen molar-refractivity contribution in [1.29, 1.82) is 0 Å². The fourth-order valence-corrected chi connectivity index (χ4v) is 14.2. The summed E-state index contributed by atoms with van der Waals surface area (Å²) in [6.07, 6.45) is 21.1. The molecule has 0 atom stereocenters. The van der Waals surface area contributed by atoms with Crippen LogP contribution in [0.5, 0.6) is 0 Å². The Morgan fingerprint density at radius 2 is 1.00 bits per heavy atom. The maximum absolute atomic E-state index is 6.96. The first-order valence-electron chi connectivity index (χ1n) is 26.2. The van der Waals surface area contributed by atoms with Gasteiger partial charge in [0, 0.05) is 48.8 Å². The number of aryl methyl sites for hydroxylation is 1. The fourth-order valence-electron chi connectivity index (χ4n) is 12.8. The van der Waals surface area contributed by atoms with Gasteiger partial charge in [-0.25, -0.2) is 10.0 Å². The maximum atomic E-state index is 6.96. The molecule has 11 aromatic rings. The molecule has 0 amide bonds. The molecule has 2 aliphatic rings. The summed E-state index contributed by atoms with van der Waals surface area (Å²) in [5.41, 5.74) is 15.5.